The highest BCUT2D eigenvalue weighted by Crippen LogP contribution is 1.98. The Bertz CT molecular complexity index is 326. The van der Waals surface area contributed by atoms with E-state index in [1.54, 1.807) is 18.7 Å². The third-order valence-electron chi connectivity index (χ3n) is 1.60. The van der Waals surface area contributed by atoms with Crippen molar-refractivity contribution in [3.63, 3.8) is 0 Å². The molecule has 0 atom stereocenters. The molecule has 0 fully saturated rings. The Kier molecular flexibility index (Phi) is 1.86. The summed E-state index contributed by atoms with van der Waals surface area (Å²) in [5.41, 5.74) is 1.16. The molecule has 3 heteroatoms. The predicted molar refractivity (Wildman–Crippen MR) is 44.4 cm³/mol. The summed E-state index contributed by atoms with van der Waals surface area (Å²) in [6.07, 6.45) is 10.0. The molecule has 12 heavy (non-hydrogen) atoms. The third kappa shape index (κ3) is 1.50. The van der Waals surface area contributed by atoms with Crippen LogP contribution in [0.1, 0.15) is 5.56 Å². The first-order valence-electron chi connectivity index (χ1n) is 3.72. The quantitative estimate of drug-likeness (QED) is 0.655. The lowest BCUT2D eigenvalue weighted by atomic mass is 10.3. The Morgan fingerprint density at radius 3 is 3.17 bits per heavy atom. The molecule has 2 heterocycles. The van der Waals surface area contributed by atoms with Crippen molar-refractivity contribution >= 4 is 0 Å². The lowest BCUT2D eigenvalue weighted by Gasteiger charge is -1.99. The number of rotatable bonds is 2. The highest BCUT2D eigenvalue weighted by molar-refractivity contribution is 5.08. The van der Waals surface area contributed by atoms with E-state index >= 15 is 0 Å². The van der Waals surface area contributed by atoms with Gasteiger partial charge in [0.1, 0.15) is 0 Å². The van der Waals surface area contributed by atoms with E-state index in [9.17, 15) is 0 Å². The van der Waals surface area contributed by atoms with Gasteiger partial charge in [-0.15, -0.1) is 0 Å². The molecule has 0 spiro atoms. The van der Waals surface area contributed by atoms with E-state index in [2.05, 4.69) is 16.2 Å². The molecule has 1 radical (unpaired) electrons. The summed E-state index contributed by atoms with van der Waals surface area (Å²) in [6.45, 7) is 0.821. The molecule has 0 amide bonds. The summed E-state index contributed by atoms with van der Waals surface area (Å²) < 4.78 is 2.00. The fraction of sp³-hybridized carbons (Fsp3) is 0.111. The molecule has 0 unspecified atom stereocenters. The maximum absolute atomic E-state index is 3.95. The van der Waals surface area contributed by atoms with E-state index < -0.39 is 0 Å². The van der Waals surface area contributed by atoms with E-state index in [0.717, 1.165) is 12.1 Å². The first kappa shape index (κ1) is 7.03. The van der Waals surface area contributed by atoms with E-state index in [1.165, 1.54) is 0 Å². The second kappa shape index (κ2) is 3.17. The molecule has 2 aromatic heterocycles. The molecule has 2 rings (SSSR count). The minimum absolute atomic E-state index is 0.821. The van der Waals surface area contributed by atoms with Crippen LogP contribution in [0.3, 0.4) is 0 Å². The van der Waals surface area contributed by atoms with Gasteiger partial charge in [-0.1, -0.05) is 6.07 Å². The zero-order valence-electron chi connectivity index (χ0n) is 6.51. The molecule has 0 aliphatic heterocycles. The van der Waals surface area contributed by atoms with Gasteiger partial charge in [0.15, 0.2) is 0 Å². The first-order chi connectivity index (χ1) is 5.95. The smallest absolute Gasteiger partial charge is 0.0949 e. The summed E-state index contributed by atoms with van der Waals surface area (Å²) in [7, 11) is 0. The Morgan fingerprint density at radius 1 is 1.50 bits per heavy atom. The second-order valence-corrected chi connectivity index (χ2v) is 2.53. The highest BCUT2D eigenvalue weighted by Gasteiger charge is 1.92. The fourth-order valence-corrected chi connectivity index (χ4v) is 1.04. The lowest BCUT2D eigenvalue weighted by molar-refractivity contribution is 0.793. The van der Waals surface area contributed by atoms with Crippen molar-refractivity contribution in [3.05, 3.63) is 48.8 Å². The van der Waals surface area contributed by atoms with E-state index in [1.807, 2.05) is 22.9 Å². The molecule has 0 saturated carbocycles. The van der Waals surface area contributed by atoms with Crippen LogP contribution in [0.4, 0.5) is 0 Å². The monoisotopic (exact) mass is 158 g/mol. The third-order valence-corrected chi connectivity index (χ3v) is 1.60. The van der Waals surface area contributed by atoms with Crippen LogP contribution in [-0.4, -0.2) is 14.5 Å². The minimum atomic E-state index is 0.821. The van der Waals surface area contributed by atoms with Crippen LogP contribution in [0.25, 0.3) is 0 Å². The van der Waals surface area contributed by atoms with Crippen LogP contribution in [0.2, 0.25) is 0 Å². The second-order valence-electron chi connectivity index (χ2n) is 2.53. The maximum Gasteiger partial charge on any atom is 0.0949 e. The summed E-state index contributed by atoms with van der Waals surface area (Å²) in [6, 6.07) is 3.80. The van der Waals surface area contributed by atoms with Crippen molar-refractivity contribution in [1.29, 1.82) is 0 Å². The van der Waals surface area contributed by atoms with Crippen LogP contribution in [0.5, 0.6) is 0 Å². The predicted octanol–water partition coefficient (Wildman–Crippen LogP) is 1.13. The highest BCUT2D eigenvalue weighted by atomic mass is 15.0. The summed E-state index contributed by atoms with van der Waals surface area (Å²) in [5.74, 6) is 0. The van der Waals surface area contributed by atoms with Crippen molar-refractivity contribution in [3.8, 4) is 0 Å². The standard InChI is InChI=1S/C9H8N3/c1-2-9(6-10-3-1)7-12-5-4-11-8-12/h1-2,4-6,8H,7H2. The molecule has 59 valence electrons. The van der Waals surface area contributed by atoms with Crippen molar-refractivity contribution in [1.82, 2.24) is 14.5 Å². The van der Waals surface area contributed by atoms with Gasteiger partial charge >= 0.3 is 0 Å². The van der Waals surface area contributed by atoms with Gasteiger partial charge in [0.2, 0.25) is 0 Å². The molecule has 2 aromatic rings. The van der Waals surface area contributed by atoms with Crippen LogP contribution in [0.15, 0.2) is 37.1 Å². The number of aromatic nitrogens is 3. The summed E-state index contributed by atoms with van der Waals surface area (Å²) in [4.78, 5) is 7.86. The van der Waals surface area contributed by atoms with Crippen LogP contribution < -0.4 is 0 Å². The molecule has 0 aromatic carbocycles. The van der Waals surface area contributed by atoms with Crippen LogP contribution >= 0.6 is 0 Å². The van der Waals surface area contributed by atoms with E-state index in [-0.39, 0.29) is 0 Å². The molecule has 0 bridgehead atoms. The van der Waals surface area contributed by atoms with Gasteiger partial charge in [0.05, 0.1) is 12.5 Å². The zero-order valence-corrected chi connectivity index (χ0v) is 6.51. The SMILES string of the molecule is [c]1ccc(Cn2ccnc2)cn1. The van der Waals surface area contributed by atoms with Gasteiger partial charge < -0.3 is 4.57 Å². The number of pyridine rings is 1. The van der Waals surface area contributed by atoms with Crippen molar-refractivity contribution in [2.75, 3.05) is 0 Å². The van der Waals surface area contributed by atoms with Gasteiger partial charge in [-0.2, -0.15) is 0 Å². The molecule has 0 N–H and O–H groups in total. The Hall–Kier alpha value is -1.64. The number of hydrogen-bond donors (Lipinski definition) is 0. The fourth-order valence-electron chi connectivity index (χ4n) is 1.04. The van der Waals surface area contributed by atoms with E-state index in [0.29, 0.717) is 0 Å². The van der Waals surface area contributed by atoms with Gasteiger partial charge in [-0.25, -0.2) is 4.98 Å². The van der Waals surface area contributed by atoms with E-state index in [4.69, 9.17) is 0 Å². The molecule has 0 aliphatic carbocycles. The van der Waals surface area contributed by atoms with Gasteiger partial charge in [-0.05, 0) is 11.6 Å². The normalized spacial score (nSPS) is 10.0. The summed E-state index contributed by atoms with van der Waals surface area (Å²) in [5, 5.41) is 0. The first-order valence-corrected chi connectivity index (χ1v) is 3.72. The minimum Gasteiger partial charge on any atom is -0.333 e. The largest absolute Gasteiger partial charge is 0.333 e. The molecule has 0 saturated heterocycles. The molecule has 3 nitrogen and oxygen atoms in total. The summed E-state index contributed by atoms with van der Waals surface area (Å²) >= 11 is 0. The molecular weight excluding hydrogens is 150 g/mol. The molecular formula is C9H8N3. The number of nitrogens with zero attached hydrogens (tertiary/aromatic N) is 3. The molecule has 0 aliphatic rings. The Balaban J connectivity index is 2.15. The van der Waals surface area contributed by atoms with Gasteiger partial charge in [0, 0.05) is 25.1 Å². The van der Waals surface area contributed by atoms with Gasteiger partial charge in [0.25, 0.3) is 0 Å². The Morgan fingerprint density at radius 2 is 2.50 bits per heavy atom. The number of imidazole rings is 1. The van der Waals surface area contributed by atoms with Crippen LogP contribution in [0, 0.1) is 6.20 Å². The van der Waals surface area contributed by atoms with Crippen molar-refractivity contribution in [2.45, 2.75) is 6.54 Å². The average Bonchev–Trinajstić information content (AvgIpc) is 2.59. The van der Waals surface area contributed by atoms with Gasteiger partial charge in [-0.3, -0.25) is 4.98 Å². The topological polar surface area (TPSA) is 30.7 Å². The van der Waals surface area contributed by atoms with Crippen molar-refractivity contribution < 1.29 is 0 Å². The van der Waals surface area contributed by atoms with Crippen LogP contribution in [-0.2, 0) is 6.54 Å². The Labute approximate surface area is 70.7 Å². The maximum atomic E-state index is 3.95. The zero-order chi connectivity index (χ0) is 8.23. The number of hydrogen-bond acceptors (Lipinski definition) is 2. The lowest BCUT2D eigenvalue weighted by Crippen LogP contribution is -1.96. The van der Waals surface area contributed by atoms with Crippen molar-refractivity contribution in [2.24, 2.45) is 0 Å². The average molecular weight is 158 g/mol.